The van der Waals surface area contributed by atoms with Gasteiger partial charge in [0.2, 0.25) is 10.0 Å². The van der Waals surface area contributed by atoms with Crippen LogP contribution in [0, 0.1) is 0 Å². The maximum atomic E-state index is 12.6. The Bertz CT molecular complexity index is 1180. The van der Waals surface area contributed by atoms with E-state index in [2.05, 4.69) is 14.7 Å². The summed E-state index contributed by atoms with van der Waals surface area (Å²) in [4.78, 5) is 28.9. The highest BCUT2D eigenvalue weighted by molar-refractivity contribution is 7.89. The molecule has 2 aromatic heterocycles. The van der Waals surface area contributed by atoms with Gasteiger partial charge in [0, 0.05) is 35.5 Å². The maximum absolute atomic E-state index is 12.6. The number of benzene rings is 1. The molecule has 3 aromatic rings. The second-order valence-corrected chi connectivity index (χ2v) is 8.28. The third kappa shape index (κ3) is 4.08. The summed E-state index contributed by atoms with van der Waals surface area (Å²) < 4.78 is 27.7. The zero-order valence-electron chi connectivity index (χ0n) is 15.1. The van der Waals surface area contributed by atoms with Gasteiger partial charge in [0.05, 0.1) is 4.90 Å². The number of nitrogens with two attached hydrogens (primary N) is 1. The lowest BCUT2D eigenvalue weighted by molar-refractivity contribution is -0.136. The Morgan fingerprint density at radius 3 is 2.75 bits per heavy atom. The highest BCUT2D eigenvalue weighted by Gasteiger charge is 2.17. The Hall–Kier alpha value is -2.69. The number of carboxylic acid groups (broad SMARTS) is 1. The molecule has 150 valence electrons. The van der Waals surface area contributed by atoms with E-state index in [1.807, 2.05) is 0 Å². The zero-order chi connectivity index (χ0) is 20.3. The summed E-state index contributed by atoms with van der Waals surface area (Å²) in [6.45, 7) is 0.780. The zero-order valence-corrected chi connectivity index (χ0v) is 15.9. The van der Waals surface area contributed by atoms with Gasteiger partial charge in [0.15, 0.2) is 0 Å². The number of aromatic amines is 2. The van der Waals surface area contributed by atoms with Gasteiger partial charge in [-0.3, -0.25) is 9.59 Å². The van der Waals surface area contributed by atoms with Crippen molar-refractivity contribution in [3.63, 3.8) is 0 Å². The molecule has 0 aliphatic heterocycles. The van der Waals surface area contributed by atoms with E-state index in [4.69, 9.17) is 10.8 Å². The van der Waals surface area contributed by atoms with E-state index in [0.29, 0.717) is 40.3 Å². The molecule has 9 nitrogen and oxygen atoms in total. The summed E-state index contributed by atoms with van der Waals surface area (Å²) in [7, 11) is -3.72. The standard InChI is InChI=1S/C18H22N4O5S/c19-7-1-2-8-21-28(26,27)12-4-5-14-13(9-12)16-11(3-6-15(23)24)10-20-17(16)18(25)22-14/h4-5,9-10,20-21H,1-3,6-8,19H2,(H,22,25)(H,23,24). The molecule has 0 bridgehead atoms. The van der Waals surface area contributed by atoms with Gasteiger partial charge in [-0.1, -0.05) is 0 Å². The molecule has 0 atom stereocenters. The second kappa shape index (κ2) is 8.13. The summed E-state index contributed by atoms with van der Waals surface area (Å²) >= 11 is 0. The number of rotatable bonds is 9. The summed E-state index contributed by atoms with van der Waals surface area (Å²) in [6.07, 6.45) is 3.08. The Kier molecular flexibility index (Phi) is 5.82. The van der Waals surface area contributed by atoms with E-state index < -0.39 is 16.0 Å². The van der Waals surface area contributed by atoms with Crippen LogP contribution in [0.3, 0.4) is 0 Å². The van der Waals surface area contributed by atoms with Gasteiger partial charge in [-0.25, -0.2) is 13.1 Å². The number of fused-ring (bicyclic) bond motifs is 3. The molecule has 0 aliphatic rings. The topological polar surface area (TPSA) is 158 Å². The Morgan fingerprint density at radius 2 is 2.04 bits per heavy atom. The number of H-pyrrole nitrogens is 2. The van der Waals surface area contributed by atoms with Crippen molar-refractivity contribution in [2.24, 2.45) is 5.73 Å². The largest absolute Gasteiger partial charge is 0.481 e. The number of sulfonamides is 1. The van der Waals surface area contributed by atoms with Crippen LogP contribution >= 0.6 is 0 Å². The van der Waals surface area contributed by atoms with Crippen LogP contribution in [0.4, 0.5) is 0 Å². The number of aryl methyl sites for hydroxylation is 1. The van der Waals surface area contributed by atoms with Crippen molar-refractivity contribution in [3.05, 3.63) is 40.3 Å². The first-order chi connectivity index (χ1) is 13.3. The summed E-state index contributed by atoms with van der Waals surface area (Å²) in [6, 6.07) is 4.47. The normalized spacial score (nSPS) is 12.0. The number of hydrogen-bond donors (Lipinski definition) is 5. The van der Waals surface area contributed by atoms with Crippen LogP contribution in [0.2, 0.25) is 0 Å². The lowest BCUT2D eigenvalue weighted by atomic mass is 10.0. The van der Waals surface area contributed by atoms with Gasteiger partial charge in [0.1, 0.15) is 5.52 Å². The first kappa shape index (κ1) is 20.1. The number of aliphatic carboxylic acids is 1. The maximum Gasteiger partial charge on any atom is 0.303 e. The molecule has 2 heterocycles. The molecule has 0 saturated carbocycles. The van der Waals surface area contributed by atoms with Crippen LogP contribution in [0.25, 0.3) is 21.8 Å². The van der Waals surface area contributed by atoms with Crippen LogP contribution in [0.5, 0.6) is 0 Å². The second-order valence-electron chi connectivity index (χ2n) is 6.51. The van der Waals surface area contributed by atoms with Gasteiger partial charge in [0.25, 0.3) is 5.56 Å². The van der Waals surface area contributed by atoms with Crippen LogP contribution < -0.4 is 16.0 Å². The molecule has 0 radical (unpaired) electrons. The van der Waals surface area contributed by atoms with Gasteiger partial charge >= 0.3 is 5.97 Å². The highest BCUT2D eigenvalue weighted by Crippen LogP contribution is 2.27. The average molecular weight is 406 g/mol. The lowest BCUT2D eigenvalue weighted by Gasteiger charge is -2.09. The minimum absolute atomic E-state index is 0.0754. The van der Waals surface area contributed by atoms with Crippen molar-refractivity contribution in [2.45, 2.75) is 30.6 Å². The fraction of sp³-hybridized carbons (Fsp3) is 0.333. The average Bonchev–Trinajstić information content (AvgIpc) is 3.08. The van der Waals surface area contributed by atoms with Gasteiger partial charge in [-0.05, 0) is 49.6 Å². The molecule has 1 aromatic carbocycles. The molecule has 6 N–H and O–H groups in total. The highest BCUT2D eigenvalue weighted by atomic mass is 32.2. The molecule has 0 saturated heterocycles. The summed E-state index contributed by atoms with van der Waals surface area (Å²) in [5.74, 6) is -0.951. The number of pyridine rings is 1. The minimum atomic E-state index is -3.72. The van der Waals surface area contributed by atoms with Crippen LogP contribution in [0.1, 0.15) is 24.8 Å². The summed E-state index contributed by atoms with van der Waals surface area (Å²) in [5.41, 5.74) is 6.49. The van der Waals surface area contributed by atoms with Crippen LogP contribution in [-0.4, -0.2) is 42.6 Å². The van der Waals surface area contributed by atoms with E-state index in [-0.39, 0.29) is 29.8 Å². The predicted octanol–water partition coefficient (Wildman–Crippen LogP) is 1.04. The van der Waals surface area contributed by atoms with Crippen molar-refractivity contribution >= 4 is 37.8 Å². The number of nitrogens with one attached hydrogen (secondary N) is 3. The molecule has 0 aliphatic carbocycles. The number of carbonyl (C=O) groups is 1. The molecule has 0 fully saturated rings. The minimum Gasteiger partial charge on any atom is -0.481 e. The molecule has 10 heteroatoms. The van der Waals surface area contributed by atoms with Crippen molar-refractivity contribution in [2.75, 3.05) is 13.1 Å². The monoisotopic (exact) mass is 406 g/mol. The third-order valence-corrected chi connectivity index (χ3v) is 6.00. The van der Waals surface area contributed by atoms with Crippen molar-refractivity contribution in [1.29, 1.82) is 0 Å². The van der Waals surface area contributed by atoms with Gasteiger partial charge in [-0.2, -0.15) is 0 Å². The van der Waals surface area contributed by atoms with E-state index >= 15 is 0 Å². The van der Waals surface area contributed by atoms with Crippen molar-refractivity contribution < 1.29 is 18.3 Å². The Balaban J connectivity index is 2.07. The molecule has 0 spiro atoms. The fourth-order valence-corrected chi connectivity index (χ4v) is 4.24. The SMILES string of the molecule is NCCCCNS(=O)(=O)c1ccc2[nH]c(=O)c3[nH]cc(CCC(=O)O)c3c2c1. The molecule has 3 rings (SSSR count). The first-order valence-corrected chi connectivity index (χ1v) is 10.4. The van der Waals surface area contributed by atoms with Crippen LogP contribution in [0.15, 0.2) is 34.1 Å². The van der Waals surface area contributed by atoms with E-state index in [9.17, 15) is 18.0 Å². The molecule has 28 heavy (non-hydrogen) atoms. The van der Waals surface area contributed by atoms with Crippen molar-refractivity contribution in [3.8, 4) is 0 Å². The quantitative estimate of drug-likeness (QED) is 0.334. The predicted molar refractivity (Wildman–Crippen MR) is 106 cm³/mol. The number of carboxylic acids is 1. The Morgan fingerprint density at radius 1 is 1.25 bits per heavy atom. The van der Waals surface area contributed by atoms with E-state index in [0.717, 1.165) is 6.42 Å². The van der Waals surface area contributed by atoms with Gasteiger partial charge < -0.3 is 20.8 Å². The molecule has 0 unspecified atom stereocenters. The number of aromatic nitrogens is 2. The summed E-state index contributed by atoms with van der Waals surface area (Å²) in [5, 5.41) is 10.0. The van der Waals surface area contributed by atoms with E-state index in [1.165, 1.54) is 12.1 Å². The molecular weight excluding hydrogens is 384 g/mol. The van der Waals surface area contributed by atoms with Crippen LogP contribution in [-0.2, 0) is 21.2 Å². The fourth-order valence-electron chi connectivity index (χ4n) is 3.14. The van der Waals surface area contributed by atoms with Gasteiger partial charge in [-0.15, -0.1) is 0 Å². The lowest BCUT2D eigenvalue weighted by Crippen LogP contribution is -2.25. The van der Waals surface area contributed by atoms with E-state index in [1.54, 1.807) is 12.3 Å². The third-order valence-electron chi connectivity index (χ3n) is 4.54. The Labute approximate surface area is 161 Å². The molecular formula is C18H22N4O5S. The number of hydrogen-bond acceptors (Lipinski definition) is 5. The smallest absolute Gasteiger partial charge is 0.303 e. The first-order valence-electron chi connectivity index (χ1n) is 8.91. The number of unbranched alkanes of at least 4 members (excludes halogenated alkanes) is 1. The molecule has 0 amide bonds. The van der Waals surface area contributed by atoms with Crippen molar-refractivity contribution in [1.82, 2.24) is 14.7 Å².